The number of hydrogen-bond donors (Lipinski definition) is 1. The first kappa shape index (κ1) is 14.2. The van der Waals surface area contributed by atoms with E-state index in [2.05, 4.69) is 17.4 Å². The number of anilines is 1. The van der Waals surface area contributed by atoms with Crippen molar-refractivity contribution in [2.75, 3.05) is 11.6 Å². The number of carbonyl (C=O) groups is 1. The van der Waals surface area contributed by atoms with Crippen LogP contribution < -0.4 is 5.32 Å². The largest absolute Gasteiger partial charge is 0.360 e. The molecule has 110 valence electrons. The molecular weight excluding hydrogens is 284 g/mol. The van der Waals surface area contributed by atoms with E-state index in [-0.39, 0.29) is 5.91 Å². The SMILES string of the molecule is CSc1ccccc1NC(=O)c1noc2c1C[C@H](C)CC2. The lowest BCUT2D eigenvalue weighted by atomic mass is 9.88. The Morgan fingerprint density at radius 2 is 2.24 bits per heavy atom. The minimum atomic E-state index is -0.185. The topological polar surface area (TPSA) is 55.1 Å². The first-order valence-electron chi connectivity index (χ1n) is 7.11. The summed E-state index contributed by atoms with van der Waals surface area (Å²) in [6, 6.07) is 7.76. The van der Waals surface area contributed by atoms with E-state index in [1.807, 2.05) is 30.5 Å². The van der Waals surface area contributed by atoms with Gasteiger partial charge < -0.3 is 9.84 Å². The molecule has 0 spiro atoms. The van der Waals surface area contributed by atoms with Gasteiger partial charge in [-0.2, -0.15) is 0 Å². The van der Waals surface area contributed by atoms with Crippen molar-refractivity contribution in [2.45, 2.75) is 31.1 Å². The number of aryl methyl sites for hydroxylation is 1. The summed E-state index contributed by atoms with van der Waals surface area (Å²) < 4.78 is 5.33. The van der Waals surface area contributed by atoms with Gasteiger partial charge in [0.05, 0.1) is 5.69 Å². The first-order valence-corrected chi connectivity index (χ1v) is 8.33. The fourth-order valence-corrected chi connectivity index (χ4v) is 3.24. The fraction of sp³-hybridized carbons (Fsp3) is 0.375. The molecule has 5 heteroatoms. The van der Waals surface area contributed by atoms with E-state index in [9.17, 15) is 4.79 Å². The monoisotopic (exact) mass is 302 g/mol. The Kier molecular flexibility index (Phi) is 4.01. The number of rotatable bonds is 3. The van der Waals surface area contributed by atoms with Crippen LogP contribution in [0.3, 0.4) is 0 Å². The molecule has 4 nitrogen and oxygen atoms in total. The quantitative estimate of drug-likeness (QED) is 0.877. The summed E-state index contributed by atoms with van der Waals surface area (Å²) in [7, 11) is 0. The Morgan fingerprint density at radius 3 is 3.05 bits per heavy atom. The Bertz CT molecular complexity index is 666. The zero-order chi connectivity index (χ0) is 14.8. The van der Waals surface area contributed by atoms with Gasteiger partial charge in [0.25, 0.3) is 5.91 Å². The molecule has 1 aliphatic carbocycles. The molecule has 1 aromatic carbocycles. The average molecular weight is 302 g/mol. The molecule has 0 saturated heterocycles. The number of para-hydroxylation sites is 1. The fourth-order valence-electron chi connectivity index (χ4n) is 2.69. The van der Waals surface area contributed by atoms with Crippen LogP contribution in [-0.2, 0) is 12.8 Å². The number of hydrogen-bond acceptors (Lipinski definition) is 4. The molecule has 2 aromatic rings. The maximum atomic E-state index is 12.5. The molecule has 0 bridgehead atoms. The lowest BCUT2D eigenvalue weighted by molar-refractivity contribution is 0.101. The molecule has 0 fully saturated rings. The number of carbonyl (C=O) groups excluding carboxylic acids is 1. The van der Waals surface area contributed by atoms with Gasteiger partial charge in [-0.3, -0.25) is 4.79 Å². The number of thioether (sulfide) groups is 1. The average Bonchev–Trinajstić information content (AvgIpc) is 2.90. The maximum absolute atomic E-state index is 12.5. The predicted octanol–water partition coefficient (Wildman–Crippen LogP) is 3.77. The molecule has 1 heterocycles. The summed E-state index contributed by atoms with van der Waals surface area (Å²) in [4.78, 5) is 13.5. The van der Waals surface area contributed by atoms with Gasteiger partial charge in [-0.25, -0.2) is 0 Å². The third-order valence-electron chi connectivity index (χ3n) is 3.86. The maximum Gasteiger partial charge on any atom is 0.278 e. The minimum absolute atomic E-state index is 0.185. The third kappa shape index (κ3) is 2.83. The molecule has 0 aliphatic heterocycles. The Hall–Kier alpha value is -1.75. The number of benzene rings is 1. The highest BCUT2D eigenvalue weighted by Gasteiger charge is 2.27. The predicted molar refractivity (Wildman–Crippen MR) is 83.9 cm³/mol. The normalized spacial score (nSPS) is 17.3. The zero-order valence-corrected chi connectivity index (χ0v) is 13.0. The minimum Gasteiger partial charge on any atom is -0.360 e. The molecule has 0 radical (unpaired) electrons. The van der Waals surface area contributed by atoms with Crippen LogP contribution in [-0.4, -0.2) is 17.3 Å². The van der Waals surface area contributed by atoms with Gasteiger partial charge in [-0.15, -0.1) is 11.8 Å². The standard InChI is InChI=1S/C16H18N2O2S/c1-10-7-8-13-11(9-10)15(18-20-13)16(19)17-12-5-3-4-6-14(12)21-2/h3-6,10H,7-9H2,1-2H3,(H,17,19)/t10-/m1/s1. The Morgan fingerprint density at radius 1 is 1.43 bits per heavy atom. The van der Waals surface area contributed by atoms with Gasteiger partial charge in [0, 0.05) is 16.9 Å². The molecule has 0 saturated carbocycles. The van der Waals surface area contributed by atoms with Crippen molar-refractivity contribution in [1.82, 2.24) is 5.16 Å². The van der Waals surface area contributed by atoms with Crippen LogP contribution in [0.15, 0.2) is 33.7 Å². The summed E-state index contributed by atoms with van der Waals surface area (Å²) in [6.45, 7) is 2.20. The van der Waals surface area contributed by atoms with E-state index in [0.717, 1.165) is 41.2 Å². The van der Waals surface area contributed by atoms with Gasteiger partial charge in [0.15, 0.2) is 5.69 Å². The van der Waals surface area contributed by atoms with Crippen molar-refractivity contribution in [3.63, 3.8) is 0 Å². The third-order valence-corrected chi connectivity index (χ3v) is 4.65. The highest BCUT2D eigenvalue weighted by Crippen LogP contribution is 2.29. The van der Waals surface area contributed by atoms with E-state index in [1.54, 1.807) is 11.8 Å². The lowest BCUT2D eigenvalue weighted by Gasteiger charge is -2.16. The number of nitrogens with zero attached hydrogens (tertiary/aromatic N) is 1. The summed E-state index contributed by atoms with van der Waals surface area (Å²) in [5, 5.41) is 6.94. The number of fused-ring (bicyclic) bond motifs is 1. The molecule has 1 atom stereocenters. The van der Waals surface area contributed by atoms with Crippen molar-refractivity contribution >= 4 is 23.4 Å². The van der Waals surface area contributed by atoms with Gasteiger partial charge >= 0.3 is 0 Å². The van der Waals surface area contributed by atoms with E-state index in [0.29, 0.717) is 11.6 Å². The van der Waals surface area contributed by atoms with Crippen molar-refractivity contribution in [2.24, 2.45) is 5.92 Å². The van der Waals surface area contributed by atoms with Gasteiger partial charge in [0.2, 0.25) is 0 Å². The van der Waals surface area contributed by atoms with Crippen molar-refractivity contribution in [1.29, 1.82) is 0 Å². The van der Waals surface area contributed by atoms with Crippen LogP contribution in [0.2, 0.25) is 0 Å². The van der Waals surface area contributed by atoms with E-state index >= 15 is 0 Å². The van der Waals surface area contributed by atoms with Crippen molar-refractivity contribution < 1.29 is 9.32 Å². The second kappa shape index (κ2) is 5.93. The van der Waals surface area contributed by atoms with Crippen molar-refractivity contribution in [3.05, 3.63) is 41.3 Å². The lowest BCUT2D eigenvalue weighted by Crippen LogP contribution is -2.18. The van der Waals surface area contributed by atoms with Crippen LogP contribution in [0, 0.1) is 5.92 Å². The summed E-state index contributed by atoms with van der Waals surface area (Å²) >= 11 is 1.61. The van der Waals surface area contributed by atoms with Crippen LogP contribution in [0.4, 0.5) is 5.69 Å². The van der Waals surface area contributed by atoms with E-state index in [1.165, 1.54) is 0 Å². The summed E-state index contributed by atoms with van der Waals surface area (Å²) in [5.41, 5.74) is 2.23. The molecule has 1 aliphatic rings. The van der Waals surface area contributed by atoms with Gasteiger partial charge in [0.1, 0.15) is 5.76 Å². The second-order valence-electron chi connectivity index (χ2n) is 5.44. The van der Waals surface area contributed by atoms with Crippen molar-refractivity contribution in [3.8, 4) is 0 Å². The molecule has 1 aromatic heterocycles. The Balaban J connectivity index is 1.85. The molecule has 3 rings (SSSR count). The number of nitrogens with one attached hydrogen (secondary N) is 1. The molecule has 1 N–H and O–H groups in total. The number of amides is 1. The van der Waals surface area contributed by atoms with E-state index < -0.39 is 0 Å². The second-order valence-corrected chi connectivity index (χ2v) is 6.28. The molecule has 1 amide bonds. The summed E-state index contributed by atoms with van der Waals surface area (Å²) in [6.07, 6.45) is 4.83. The highest BCUT2D eigenvalue weighted by atomic mass is 32.2. The van der Waals surface area contributed by atoms with E-state index in [4.69, 9.17) is 4.52 Å². The highest BCUT2D eigenvalue weighted by molar-refractivity contribution is 7.98. The van der Waals surface area contributed by atoms with Crippen LogP contribution in [0.25, 0.3) is 0 Å². The zero-order valence-electron chi connectivity index (χ0n) is 12.2. The van der Waals surface area contributed by atoms with Crippen LogP contribution in [0.1, 0.15) is 35.2 Å². The van der Waals surface area contributed by atoms with Gasteiger partial charge in [-0.1, -0.05) is 24.2 Å². The smallest absolute Gasteiger partial charge is 0.278 e. The molecule has 0 unspecified atom stereocenters. The van der Waals surface area contributed by atoms with Crippen LogP contribution >= 0.6 is 11.8 Å². The summed E-state index contributed by atoms with van der Waals surface area (Å²) in [5.74, 6) is 1.26. The van der Waals surface area contributed by atoms with Crippen LogP contribution in [0.5, 0.6) is 0 Å². The number of aromatic nitrogens is 1. The molecular formula is C16H18N2O2S. The first-order chi connectivity index (χ1) is 10.2. The van der Waals surface area contributed by atoms with Gasteiger partial charge in [-0.05, 0) is 37.1 Å². The molecule has 21 heavy (non-hydrogen) atoms. The Labute approximate surface area is 128 Å².